The fourth-order valence-electron chi connectivity index (χ4n) is 2.05. The van der Waals surface area contributed by atoms with E-state index in [1.165, 1.54) is 30.6 Å². The average molecular weight is 355 g/mol. The molecular weight excluding hydrogens is 343 g/mol. The normalized spacial score (nSPS) is 11.5. The number of methoxy groups -OCH3 is 1. The van der Waals surface area contributed by atoms with E-state index in [1.54, 1.807) is 0 Å². The summed E-state index contributed by atoms with van der Waals surface area (Å²) in [5.74, 6) is 0.726. The molecule has 3 rings (SSSR count). The molecule has 0 amide bonds. The molecule has 0 saturated carbocycles. The third-order valence-corrected chi connectivity index (χ3v) is 3.89. The molecule has 0 fully saturated rings. The van der Waals surface area contributed by atoms with Crippen LogP contribution in [0.1, 0.15) is 11.5 Å². The molecule has 0 unspecified atom stereocenters. The van der Waals surface area contributed by atoms with Crippen molar-refractivity contribution in [2.75, 3.05) is 12.4 Å². The molecule has 126 valence electrons. The van der Waals surface area contributed by atoms with E-state index in [0.29, 0.717) is 5.82 Å². The van der Waals surface area contributed by atoms with Crippen LogP contribution in [0.25, 0.3) is 11.4 Å². The third-order valence-electron chi connectivity index (χ3n) is 3.21. The van der Waals surface area contributed by atoms with Crippen LogP contribution in [0.3, 0.4) is 0 Å². The topological polar surface area (TPSA) is 60.2 Å². The predicted octanol–water partition coefficient (Wildman–Crippen LogP) is 4.44. The van der Waals surface area contributed by atoms with E-state index in [4.69, 9.17) is 9.26 Å². The Balaban J connectivity index is 1.77. The summed E-state index contributed by atoms with van der Waals surface area (Å²) in [6.45, 7) is -0.0213. The highest BCUT2D eigenvalue weighted by Crippen LogP contribution is 2.37. The second-order valence-electron chi connectivity index (χ2n) is 4.79. The minimum atomic E-state index is -4.51. The first-order valence-corrected chi connectivity index (χ1v) is 7.76. The first kappa shape index (κ1) is 16.3. The summed E-state index contributed by atoms with van der Waals surface area (Å²) in [5.41, 5.74) is -0.103. The Hall–Kier alpha value is -2.55. The monoisotopic (exact) mass is 355 g/mol. The Labute approximate surface area is 139 Å². The van der Waals surface area contributed by atoms with Gasteiger partial charge in [-0.3, -0.25) is 0 Å². The summed E-state index contributed by atoms with van der Waals surface area (Å²) in [6, 6.07) is 5.52. The fourth-order valence-corrected chi connectivity index (χ4v) is 2.68. The molecule has 1 aromatic carbocycles. The largest absolute Gasteiger partial charge is 0.497 e. The number of alkyl halides is 3. The average Bonchev–Trinajstić information content (AvgIpc) is 3.23. The summed E-state index contributed by atoms with van der Waals surface area (Å²) in [4.78, 5) is 4.15. The smallest absolute Gasteiger partial charge is 0.418 e. The molecule has 9 heteroatoms. The molecule has 2 aromatic heterocycles. The van der Waals surface area contributed by atoms with Gasteiger partial charge in [0.1, 0.15) is 5.75 Å². The van der Waals surface area contributed by atoms with Gasteiger partial charge in [-0.15, -0.1) is 0 Å². The highest BCUT2D eigenvalue weighted by molar-refractivity contribution is 7.08. The quantitative estimate of drug-likeness (QED) is 0.733. The second-order valence-corrected chi connectivity index (χ2v) is 5.57. The number of aromatic nitrogens is 2. The van der Waals surface area contributed by atoms with Gasteiger partial charge in [0.2, 0.25) is 11.7 Å². The fraction of sp³-hybridized carbons (Fsp3) is 0.200. The number of thiophene rings is 1. The molecule has 0 aliphatic heterocycles. The van der Waals surface area contributed by atoms with Crippen LogP contribution in [0.5, 0.6) is 5.75 Å². The molecule has 3 aromatic rings. The van der Waals surface area contributed by atoms with Crippen molar-refractivity contribution in [1.82, 2.24) is 10.1 Å². The standard InChI is InChI=1S/C15H12F3N3O2S/c1-22-10-2-3-12(11(6-10)15(16,17)18)19-7-13-20-14(21-23-13)9-4-5-24-8-9/h2-6,8,19H,7H2,1H3. The number of nitrogens with one attached hydrogen (secondary N) is 1. The van der Waals surface area contributed by atoms with Crippen molar-refractivity contribution in [1.29, 1.82) is 0 Å². The molecule has 0 aliphatic rings. The Kier molecular flexibility index (Phi) is 4.43. The van der Waals surface area contributed by atoms with E-state index < -0.39 is 11.7 Å². The molecule has 0 aliphatic carbocycles. The zero-order valence-corrected chi connectivity index (χ0v) is 13.2. The number of nitrogens with zero attached hydrogens (tertiary/aromatic N) is 2. The molecule has 0 radical (unpaired) electrons. The first-order valence-electron chi connectivity index (χ1n) is 6.81. The number of halogens is 3. The third kappa shape index (κ3) is 3.51. The SMILES string of the molecule is COc1ccc(NCc2nc(-c3ccsc3)no2)c(C(F)(F)F)c1. The molecule has 0 saturated heterocycles. The Bertz CT molecular complexity index is 816. The summed E-state index contributed by atoms with van der Waals surface area (Å²) in [5, 5.41) is 10.2. The van der Waals surface area contributed by atoms with Gasteiger partial charge in [0.15, 0.2) is 0 Å². The maximum Gasteiger partial charge on any atom is 0.418 e. The Morgan fingerprint density at radius 3 is 2.79 bits per heavy atom. The number of hydrogen-bond donors (Lipinski definition) is 1. The molecular formula is C15H12F3N3O2S. The second kappa shape index (κ2) is 6.52. The zero-order valence-electron chi connectivity index (χ0n) is 12.4. The van der Waals surface area contributed by atoms with Crippen molar-refractivity contribution in [2.24, 2.45) is 0 Å². The number of anilines is 1. The lowest BCUT2D eigenvalue weighted by atomic mass is 10.1. The van der Waals surface area contributed by atoms with Crippen LogP contribution < -0.4 is 10.1 Å². The van der Waals surface area contributed by atoms with Crippen LogP contribution in [0.4, 0.5) is 18.9 Å². The molecule has 1 N–H and O–H groups in total. The van der Waals surface area contributed by atoms with Crippen LogP contribution in [0.15, 0.2) is 39.5 Å². The van der Waals surface area contributed by atoms with Gasteiger partial charge in [-0.2, -0.15) is 29.5 Å². The van der Waals surface area contributed by atoms with Gasteiger partial charge in [-0.1, -0.05) is 5.16 Å². The summed E-state index contributed by atoms with van der Waals surface area (Å²) in [7, 11) is 1.31. The van der Waals surface area contributed by atoms with E-state index in [0.717, 1.165) is 11.6 Å². The molecule has 24 heavy (non-hydrogen) atoms. The van der Waals surface area contributed by atoms with Gasteiger partial charge in [0.05, 0.1) is 19.2 Å². The van der Waals surface area contributed by atoms with Crippen LogP contribution in [0, 0.1) is 0 Å². The number of benzene rings is 1. The van der Waals surface area contributed by atoms with Crippen molar-refractivity contribution in [3.63, 3.8) is 0 Å². The van der Waals surface area contributed by atoms with Gasteiger partial charge in [0.25, 0.3) is 0 Å². The predicted molar refractivity (Wildman–Crippen MR) is 82.9 cm³/mol. The van der Waals surface area contributed by atoms with Crippen molar-refractivity contribution in [2.45, 2.75) is 12.7 Å². The van der Waals surface area contributed by atoms with Gasteiger partial charge in [-0.25, -0.2) is 0 Å². The molecule has 5 nitrogen and oxygen atoms in total. The van der Waals surface area contributed by atoms with Crippen molar-refractivity contribution in [3.8, 4) is 17.1 Å². The molecule has 0 spiro atoms. The van der Waals surface area contributed by atoms with Crippen LogP contribution in [-0.4, -0.2) is 17.3 Å². The molecule has 0 bridgehead atoms. The van der Waals surface area contributed by atoms with E-state index in [-0.39, 0.29) is 23.9 Å². The zero-order chi connectivity index (χ0) is 17.2. The Morgan fingerprint density at radius 1 is 1.29 bits per heavy atom. The van der Waals surface area contributed by atoms with E-state index in [9.17, 15) is 13.2 Å². The Morgan fingerprint density at radius 2 is 2.12 bits per heavy atom. The number of rotatable bonds is 5. The van der Waals surface area contributed by atoms with Crippen molar-refractivity contribution >= 4 is 17.0 Å². The van der Waals surface area contributed by atoms with Gasteiger partial charge >= 0.3 is 6.18 Å². The minimum absolute atomic E-state index is 0.0213. The van der Waals surface area contributed by atoms with Crippen molar-refractivity contribution in [3.05, 3.63) is 46.5 Å². The summed E-state index contributed by atoms with van der Waals surface area (Å²) >= 11 is 1.49. The lowest BCUT2D eigenvalue weighted by Gasteiger charge is -2.14. The summed E-state index contributed by atoms with van der Waals surface area (Å²) < 4.78 is 49.3. The number of ether oxygens (including phenoxy) is 1. The highest BCUT2D eigenvalue weighted by atomic mass is 32.1. The number of hydrogen-bond acceptors (Lipinski definition) is 6. The minimum Gasteiger partial charge on any atom is -0.497 e. The van der Waals surface area contributed by atoms with Crippen LogP contribution >= 0.6 is 11.3 Å². The van der Waals surface area contributed by atoms with E-state index in [2.05, 4.69) is 15.5 Å². The maximum atomic E-state index is 13.1. The van der Waals surface area contributed by atoms with Gasteiger partial charge in [0, 0.05) is 16.6 Å². The van der Waals surface area contributed by atoms with Gasteiger partial charge < -0.3 is 14.6 Å². The van der Waals surface area contributed by atoms with E-state index in [1.807, 2.05) is 16.8 Å². The van der Waals surface area contributed by atoms with Crippen LogP contribution in [0.2, 0.25) is 0 Å². The van der Waals surface area contributed by atoms with Crippen LogP contribution in [-0.2, 0) is 12.7 Å². The van der Waals surface area contributed by atoms with Crippen molar-refractivity contribution < 1.29 is 22.4 Å². The van der Waals surface area contributed by atoms with E-state index >= 15 is 0 Å². The summed E-state index contributed by atoms with van der Waals surface area (Å²) in [6.07, 6.45) is -4.51. The highest BCUT2D eigenvalue weighted by Gasteiger charge is 2.34. The molecule has 2 heterocycles. The lowest BCUT2D eigenvalue weighted by Crippen LogP contribution is -2.11. The maximum absolute atomic E-state index is 13.1. The molecule has 0 atom stereocenters. The van der Waals surface area contributed by atoms with Gasteiger partial charge in [-0.05, 0) is 29.6 Å². The lowest BCUT2D eigenvalue weighted by molar-refractivity contribution is -0.137. The first-order chi connectivity index (χ1) is 11.5.